The smallest absolute Gasteiger partial charge is 0.118 e. The lowest BCUT2D eigenvalue weighted by Gasteiger charge is -2.10. The Labute approximate surface area is 135 Å². The lowest BCUT2D eigenvalue weighted by molar-refractivity contribution is 0.415. The number of benzene rings is 2. The largest absolute Gasteiger partial charge is 0.497 e. The third kappa shape index (κ3) is 2.53. The van der Waals surface area contributed by atoms with Crippen LogP contribution in [-0.2, 0) is 0 Å². The van der Waals surface area contributed by atoms with Gasteiger partial charge in [-0.3, -0.25) is 0 Å². The van der Waals surface area contributed by atoms with Crippen LogP contribution in [0.3, 0.4) is 0 Å². The van der Waals surface area contributed by atoms with E-state index < -0.39 is 0 Å². The van der Waals surface area contributed by atoms with Gasteiger partial charge in [0.1, 0.15) is 5.75 Å². The predicted octanol–water partition coefficient (Wildman–Crippen LogP) is 5.07. The zero-order valence-electron chi connectivity index (χ0n) is 12.9. The monoisotopic (exact) mass is 298 g/mol. The highest BCUT2D eigenvalue weighted by molar-refractivity contribution is 5.97. The standard InChI is InChI=1S/C21H16NO/c1-23-17-12-10-16(11-13-17)21-14-19(15-6-2-3-7-15)18-8-4-5-9-20(18)22-21/h2-14H,1H3. The van der Waals surface area contributed by atoms with Crippen molar-refractivity contribution < 1.29 is 4.74 Å². The number of para-hydroxylation sites is 1. The van der Waals surface area contributed by atoms with Crippen molar-refractivity contribution in [3.8, 4) is 17.0 Å². The SMILES string of the molecule is COc1ccc(-c2cc(C3=C[CH]C=C3)c3ccccc3n2)cc1. The zero-order chi connectivity index (χ0) is 15.6. The Bertz CT molecular complexity index is 920. The first-order chi connectivity index (χ1) is 11.3. The normalized spacial score (nSPS) is 13.3. The van der Waals surface area contributed by atoms with Gasteiger partial charge in [0.2, 0.25) is 0 Å². The molecule has 3 aromatic rings. The van der Waals surface area contributed by atoms with Crippen molar-refractivity contribution in [1.29, 1.82) is 0 Å². The fourth-order valence-electron chi connectivity index (χ4n) is 2.88. The Morgan fingerprint density at radius 2 is 1.78 bits per heavy atom. The minimum absolute atomic E-state index is 0.853. The third-order valence-corrected chi connectivity index (χ3v) is 4.08. The summed E-state index contributed by atoms with van der Waals surface area (Å²) in [4.78, 5) is 4.83. The molecule has 0 spiro atoms. The molecule has 23 heavy (non-hydrogen) atoms. The van der Waals surface area contributed by atoms with Gasteiger partial charge in [0.05, 0.1) is 18.3 Å². The number of allylic oxidation sites excluding steroid dienone is 4. The van der Waals surface area contributed by atoms with Crippen LogP contribution >= 0.6 is 0 Å². The van der Waals surface area contributed by atoms with E-state index in [1.165, 1.54) is 16.5 Å². The van der Waals surface area contributed by atoms with E-state index in [0.717, 1.165) is 22.5 Å². The highest BCUT2D eigenvalue weighted by Crippen LogP contribution is 2.32. The molecule has 0 saturated carbocycles. The van der Waals surface area contributed by atoms with Crippen LogP contribution < -0.4 is 4.74 Å². The highest BCUT2D eigenvalue weighted by atomic mass is 16.5. The second kappa shape index (κ2) is 5.73. The molecule has 111 valence electrons. The lowest BCUT2D eigenvalue weighted by Crippen LogP contribution is -1.91. The number of methoxy groups -OCH3 is 1. The van der Waals surface area contributed by atoms with Crippen molar-refractivity contribution >= 4 is 16.5 Å². The fourth-order valence-corrected chi connectivity index (χ4v) is 2.88. The Morgan fingerprint density at radius 1 is 0.957 bits per heavy atom. The molecular weight excluding hydrogens is 282 g/mol. The molecule has 0 bridgehead atoms. The first kappa shape index (κ1) is 13.8. The minimum atomic E-state index is 0.853. The van der Waals surface area contributed by atoms with E-state index in [2.05, 4.69) is 48.9 Å². The Hall–Kier alpha value is -2.87. The first-order valence-electron chi connectivity index (χ1n) is 7.61. The molecule has 1 aromatic heterocycles. The molecule has 0 aliphatic heterocycles. The molecule has 0 fully saturated rings. The minimum Gasteiger partial charge on any atom is -0.497 e. The van der Waals surface area contributed by atoms with Crippen molar-refractivity contribution in [2.24, 2.45) is 0 Å². The second-order valence-electron chi connectivity index (χ2n) is 5.47. The van der Waals surface area contributed by atoms with E-state index in [1.807, 2.05) is 30.3 Å². The summed E-state index contributed by atoms with van der Waals surface area (Å²) in [6.45, 7) is 0. The van der Waals surface area contributed by atoms with E-state index in [4.69, 9.17) is 9.72 Å². The number of hydrogen-bond donors (Lipinski definition) is 0. The molecule has 0 saturated heterocycles. The van der Waals surface area contributed by atoms with Gasteiger partial charge in [-0.2, -0.15) is 0 Å². The van der Waals surface area contributed by atoms with E-state index in [9.17, 15) is 0 Å². The average Bonchev–Trinajstić information content (AvgIpc) is 3.15. The number of hydrogen-bond acceptors (Lipinski definition) is 2. The van der Waals surface area contributed by atoms with E-state index >= 15 is 0 Å². The van der Waals surface area contributed by atoms with Crippen molar-refractivity contribution in [2.45, 2.75) is 0 Å². The summed E-state index contributed by atoms with van der Waals surface area (Å²) < 4.78 is 5.24. The van der Waals surface area contributed by atoms with Gasteiger partial charge in [0.15, 0.2) is 0 Å². The molecule has 0 unspecified atom stereocenters. The number of aromatic nitrogens is 1. The molecule has 1 radical (unpaired) electrons. The average molecular weight is 298 g/mol. The maximum absolute atomic E-state index is 5.24. The van der Waals surface area contributed by atoms with Gasteiger partial charge in [0, 0.05) is 17.4 Å². The second-order valence-corrected chi connectivity index (χ2v) is 5.47. The van der Waals surface area contributed by atoms with Crippen molar-refractivity contribution in [3.05, 3.63) is 84.8 Å². The van der Waals surface area contributed by atoms with Gasteiger partial charge in [-0.15, -0.1) is 0 Å². The van der Waals surface area contributed by atoms with Crippen LogP contribution in [0.1, 0.15) is 5.56 Å². The van der Waals surface area contributed by atoms with Crippen LogP contribution in [-0.4, -0.2) is 12.1 Å². The summed E-state index contributed by atoms with van der Waals surface area (Å²) in [5.41, 5.74) is 5.51. The fraction of sp³-hybridized carbons (Fsp3) is 0.0476. The number of fused-ring (bicyclic) bond motifs is 1. The Balaban J connectivity index is 1.91. The zero-order valence-corrected chi connectivity index (χ0v) is 12.9. The van der Waals surface area contributed by atoms with Crippen LogP contribution in [0, 0.1) is 6.42 Å². The lowest BCUT2D eigenvalue weighted by atomic mass is 9.99. The number of rotatable bonds is 3. The maximum Gasteiger partial charge on any atom is 0.118 e. The molecule has 2 nitrogen and oxygen atoms in total. The van der Waals surface area contributed by atoms with Gasteiger partial charge in [-0.05, 0) is 47.5 Å². The molecule has 0 N–H and O–H groups in total. The van der Waals surface area contributed by atoms with Crippen LogP contribution in [0.5, 0.6) is 5.75 Å². The predicted molar refractivity (Wildman–Crippen MR) is 95.1 cm³/mol. The third-order valence-electron chi connectivity index (χ3n) is 4.08. The van der Waals surface area contributed by atoms with Gasteiger partial charge in [0.25, 0.3) is 0 Å². The summed E-state index contributed by atoms with van der Waals surface area (Å²) in [6, 6.07) is 18.5. The molecule has 0 atom stereocenters. The van der Waals surface area contributed by atoms with Crippen molar-refractivity contribution in [2.75, 3.05) is 7.11 Å². The number of nitrogens with zero attached hydrogens (tertiary/aromatic N) is 1. The van der Waals surface area contributed by atoms with Crippen LogP contribution in [0.25, 0.3) is 27.7 Å². The Kier molecular flexibility index (Phi) is 3.43. The highest BCUT2D eigenvalue weighted by Gasteiger charge is 2.11. The van der Waals surface area contributed by atoms with Gasteiger partial charge in [-0.1, -0.05) is 36.4 Å². The summed E-state index contributed by atoms with van der Waals surface area (Å²) in [6.07, 6.45) is 8.41. The quantitative estimate of drug-likeness (QED) is 0.673. The molecular formula is C21H16NO. The summed E-state index contributed by atoms with van der Waals surface area (Å²) in [5.74, 6) is 0.853. The van der Waals surface area contributed by atoms with E-state index in [0.29, 0.717) is 0 Å². The summed E-state index contributed by atoms with van der Waals surface area (Å²) in [7, 11) is 1.68. The van der Waals surface area contributed by atoms with E-state index in [-0.39, 0.29) is 0 Å². The molecule has 1 aliphatic carbocycles. The van der Waals surface area contributed by atoms with Crippen LogP contribution in [0.4, 0.5) is 0 Å². The summed E-state index contributed by atoms with van der Waals surface area (Å²) in [5, 5.41) is 1.18. The maximum atomic E-state index is 5.24. The molecule has 1 heterocycles. The Morgan fingerprint density at radius 3 is 2.52 bits per heavy atom. The van der Waals surface area contributed by atoms with Crippen LogP contribution in [0.2, 0.25) is 0 Å². The van der Waals surface area contributed by atoms with Crippen LogP contribution in [0.15, 0.2) is 72.8 Å². The van der Waals surface area contributed by atoms with Gasteiger partial charge >= 0.3 is 0 Å². The molecule has 4 rings (SSSR count). The van der Waals surface area contributed by atoms with E-state index in [1.54, 1.807) is 7.11 Å². The van der Waals surface area contributed by atoms with Gasteiger partial charge in [-0.25, -0.2) is 4.98 Å². The molecule has 0 amide bonds. The first-order valence-corrected chi connectivity index (χ1v) is 7.61. The topological polar surface area (TPSA) is 22.1 Å². The number of pyridine rings is 1. The molecule has 2 heteroatoms. The van der Waals surface area contributed by atoms with Crippen molar-refractivity contribution in [1.82, 2.24) is 4.98 Å². The molecule has 1 aliphatic rings. The summed E-state index contributed by atoms with van der Waals surface area (Å²) >= 11 is 0. The van der Waals surface area contributed by atoms with Gasteiger partial charge < -0.3 is 4.74 Å². The molecule has 2 aromatic carbocycles. The number of ether oxygens (including phenoxy) is 1. The van der Waals surface area contributed by atoms with Crippen molar-refractivity contribution in [3.63, 3.8) is 0 Å².